The summed E-state index contributed by atoms with van der Waals surface area (Å²) in [5.41, 5.74) is -0.385. The third kappa shape index (κ3) is 17.8. The summed E-state index contributed by atoms with van der Waals surface area (Å²) in [6, 6.07) is 0. The average Bonchev–Trinajstić information content (AvgIpc) is 2.44. The monoisotopic (exact) mass is 457 g/mol. The molecular weight excluding hydrogens is 421 g/mol. The third-order valence-electron chi connectivity index (χ3n) is 2.92. The first-order valence-electron chi connectivity index (χ1n) is 8.62. The lowest BCUT2D eigenvalue weighted by Gasteiger charge is -2.19. The van der Waals surface area contributed by atoms with Crippen molar-refractivity contribution in [3.8, 4) is 0 Å². The van der Waals surface area contributed by atoms with Gasteiger partial charge >= 0.3 is 5.97 Å². The SMILES string of the molecule is CCNC(=NCCCCCCC(=O)OC(C)(C)C)NCCOC.I. The number of hydrogen-bond donors (Lipinski definition) is 2. The maximum Gasteiger partial charge on any atom is 0.306 e. The molecule has 0 aromatic heterocycles. The highest BCUT2D eigenvalue weighted by Gasteiger charge is 2.15. The zero-order valence-corrected chi connectivity index (χ0v) is 18.3. The second-order valence-corrected chi connectivity index (χ2v) is 6.43. The Kier molecular flexibility index (Phi) is 17.0. The molecule has 0 saturated heterocycles. The van der Waals surface area contributed by atoms with Crippen LogP contribution in [0.5, 0.6) is 0 Å². The van der Waals surface area contributed by atoms with Crippen molar-refractivity contribution in [2.45, 2.75) is 65.4 Å². The van der Waals surface area contributed by atoms with Crippen molar-refractivity contribution in [2.24, 2.45) is 4.99 Å². The predicted molar refractivity (Wildman–Crippen MR) is 110 cm³/mol. The number of nitrogens with zero attached hydrogens (tertiary/aromatic N) is 1. The minimum Gasteiger partial charge on any atom is -0.460 e. The minimum absolute atomic E-state index is 0. The Morgan fingerprint density at radius 3 is 2.33 bits per heavy atom. The summed E-state index contributed by atoms with van der Waals surface area (Å²) in [5.74, 6) is 0.727. The van der Waals surface area contributed by atoms with E-state index >= 15 is 0 Å². The molecule has 0 fully saturated rings. The van der Waals surface area contributed by atoms with E-state index in [9.17, 15) is 4.79 Å². The maximum absolute atomic E-state index is 11.6. The normalized spacial score (nSPS) is 11.6. The van der Waals surface area contributed by atoms with E-state index in [1.165, 1.54) is 0 Å². The molecule has 0 aliphatic heterocycles. The fourth-order valence-corrected chi connectivity index (χ4v) is 1.93. The first-order valence-corrected chi connectivity index (χ1v) is 8.62. The Hall–Kier alpha value is -0.570. The molecule has 144 valence electrons. The topological polar surface area (TPSA) is 72.0 Å². The summed E-state index contributed by atoms with van der Waals surface area (Å²) in [7, 11) is 1.68. The number of unbranched alkanes of at least 4 members (excludes halogenated alkanes) is 3. The fourth-order valence-electron chi connectivity index (χ4n) is 1.93. The first kappa shape index (κ1) is 25.7. The van der Waals surface area contributed by atoms with Crippen LogP contribution < -0.4 is 10.6 Å². The van der Waals surface area contributed by atoms with Crippen LogP contribution in [-0.4, -0.2) is 50.9 Å². The second-order valence-electron chi connectivity index (χ2n) is 6.43. The van der Waals surface area contributed by atoms with Crippen molar-refractivity contribution in [1.29, 1.82) is 0 Å². The van der Waals surface area contributed by atoms with Crippen LogP contribution in [0.4, 0.5) is 0 Å². The molecule has 0 spiro atoms. The minimum atomic E-state index is -0.385. The lowest BCUT2D eigenvalue weighted by molar-refractivity contribution is -0.154. The zero-order valence-electron chi connectivity index (χ0n) is 15.9. The molecule has 0 saturated carbocycles. The molecule has 6 nitrogen and oxygen atoms in total. The average molecular weight is 457 g/mol. The van der Waals surface area contributed by atoms with Gasteiger partial charge in [-0.3, -0.25) is 9.79 Å². The van der Waals surface area contributed by atoms with E-state index in [2.05, 4.69) is 15.6 Å². The Balaban J connectivity index is 0. The molecule has 7 heteroatoms. The van der Waals surface area contributed by atoms with Gasteiger partial charge in [0.2, 0.25) is 0 Å². The van der Waals surface area contributed by atoms with Gasteiger partial charge in [-0.25, -0.2) is 0 Å². The van der Waals surface area contributed by atoms with Crippen LogP contribution >= 0.6 is 24.0 Å². The van der Waals surface area contributed by atoms with Crippen LogP contribution in [0.25, 0.3) is 0 Å². The molecule has 0 radical (unpaired) electrons. The highest BCUT2D eigenvalue weighted by Crippen LogP contribution is 2.11. The van der Waals surface area contributed by atoms with Crippen LogP contribution in [0.2, 0.25) is 0 Å². The van der Waals surface area contributed by atoms with E-state index in [0.717, 1.165) is 51.3 Å². The molecule has 0 aromatic carbocycles. The van der Waals surface area contributed by atoms with Crippen LogP contribution in [0, 0.1) is 0 Å². The second kappa shape index (κ2) is 15.9. The van der Waals surface area contributed by atoms with Crippen molar-refractivity contribution in [3.05, 3.63) is 0 Å². The van der Waals surface area contributed by atoms with Crippen molar-refractivity contribution in [3.63, 3.8) is 0 Å². The van der Waals surface area contributed by atoms with Crippen molar-refractivity contribution in [1.82, 2.24) is 10.6 Å². The number of carbonyl (C=O) groups excluding carboxylic acids is 1. The summed E-state index contributed by atoms with van der Waals surface area (Å²) in [5, 5.41) is 6.42. The summed E-state index contributed by atoms with van der Waals surface area (Å²) in [6.07, 6.45) is 4.51. The van der Waals surface area contributed by atoms with Gasteiger partial charge in [-0.15, -0.1) is 24.0 Å². The van der Waals surface area contributed by atoms with E-state index in [4.69, 9.17) is 9.47 Å². The third-order valence-corrected chi connectivity index (χ3v) is 2.92. The van der Waals surface area contributed by atoms with Gasteiger partial charge in [0.1, 0.15) is 5.60 Å². The summed E-state index contributed by atoms with van der Waals surface area (Å²) < 4.78 is 10.3. The first-order chi connectivity index (χ1) is 10.9. The fraction of sp³-hybridized carbons (Fsp3) is 0.882. The quantitative estimate of drug-likeness (QED) is 0.164. The van der Waals surface area contributed by atoms with Crippen LogP contribution in [0.15, 0.2) is 4.99 Å². The molecule has 0 bridgehead atoms. The van der Waals surface area contributed by atoms with Crippen LogP contribution in [0.1, 0.15) is 59.8 Å². The Labute approximate surface area is 164 Å². The van der Waals surface area contributed by atoms with Crippen molar-refractivity contribution in [2.75, 3.05) is 33.4 Å². The van der Waals surface area contributed by atoms with Gasteiger partial charge in [-0.1, -0.05) is 12.8 Å². The van der Waals surface area contributed by atoms with Crippen molar-refractivity contribution >= 4 is 35.9 Å². The summed E-state index contributed by atoms with van der Waals surface area (Å²) in [6.45, 7) is 10.8. The summed E-state index contributed by atoms with van der Waals surface area (Å²) >= 11 is 0. The van der Waals surface area contributed by atoms with Gasteiger partial charge in [0.25, 0.3) is 0 Å². The molecule has 0 rings (SSSR count). The molecular formula is C17H36IN3O3. The number of carbonyl (C=O) groups is 1. The van der Waals surface area contributed by atoms with Gasteiger partial charge < -0.3 is 20.1 Å². The Morgan fingerprint density at radius 2 is 1.75 bits per heavy atom. The van der Waals surface area contributed by atoms with Crippen molar-refractivity contribution < 1.29 is 14.3 Å². The lowest BCUT2D eigenvalue weighted by atomic mass is 10.1. The van der Waals surface area contributed by atoms with E-state index in [1.54, 1.807) is 7.11 Å². The zero-order chi connectivity index (χ0) is 17.6. The maximum atomic E-state index is 11.6. The molecule has 0 amide bonds. The highest BCUT2D eigenvalue weighted by atomic mass is 127. The van der Waals surface area contributed by atoms with Crippen LogP contribution in [0.3, 0.4) is 0 Å². The van der Waals surface area contributed by atoms with E-state index in [1.807, 2.05) is 27.7 Å². The molecule has 0 atom stereocenters. The number of methoxy groups -OCH3 is 1. The number of esters is 1. The largest absolute Gasteiger partial charge is 0.460 e. The molecule has 2 N–H and O–H groups in total. The molecule has 0 aliphatic rings. The molecule has 0 aliphatic carbocycles. The molecule has 24 heavy (non-hydrogen) atoms. The van der Waals surface area contributed by atoms with Gasteiger partial charge in [-0.2, -0.15) is 0 Å². The Bertz CT molecular complexity index is 344. The number of halogens is 1. The molecule has 0 unspecified atom stereocenters. The lowest BCUT2D eigenvalue weighted by Crippen LogP contribution is -2.39. The summed E-state index contributed by atoms with van der Waals surface area (Å²) in [4.78, 5) is 16.1. The van der Waals surface area contributed by atoms with Gasteiger partial charge in [0.15, 0.2) is 5.96 Å². The molecule has 0 aromatic rings. The number of rotatable bonds is 11. The van der Waals surface area contributed by atoms with E-state index in [-0.39, 0.29) is 35.5 Å². The number of ether oxygens (including phenoxy) is 2. The molecule has 0 heterocycles. The number of guanidine groups is 1. The smallest absolute Gasteiger partial charge is 0.306 e. The number of hydrogen-bond acceptors (Lipinski definition) is 4. The van der Waals surface area contributed by atoms with Gasteiger partial charge in [0, 0.05) is 33.2 Å². The van der Waals surface area contributed by atoms with E-state index in [0.29, 0.717) is 13.0 Å². The van der Waals surface area contributed by atoms with E-state index < -0.39 is 0 Å². The van der Waals surface area contributed by atoms with Crippen LogP contribution in [-0.2, 0) is 14.3 Å². The number of nitrogens with one attached hydrogen (secondary N) is 2. The standard InChI is InChI=1S/C17H35N3O3.HI/c1-6-18-16(20-13-14-22-5)19-12-10-8-7-9-11-15(21)23-17(2,3)4;/h6-14H2,1-5H3,(H2,18,19,20);1H. The van der Waals surface area contributed by atoms with Gasteiger partial charge in [-0.05, 0) is 40.5 Å². The van der Waals surface area contributed by atoms with Gasteiger partial charge in [0.05, 0.1) is 6.61 Å². The Morgan fingerprint density at radius 1 is 1.08 bits per heavy atom. The predicted octanol–water partition coefficient (Wildman–Crippen LogP) is 3.10. The highest BCUT2D eigenvalue weighted by molar-refractivity contribution is 14.0. The number of aliphatic imine (C=N–C) groups is 1.